The van der Waals surface area contributed by atoms with Crippen molar-refractivity contribution in [2.24, 2.45) is 0 Å². The second-order valence-electron chi connectivity index (χ2n) is 14.0. The van der Waals surface area contributed by atoms with Crippen molar-refractivity contribution < 1.29 is 119 Å². The highest BCUT2D eigenvalue weighted by Gasteiger charge is 2.60. The average molecular weight is 837 g/mol. The fraction of sp³-hybridized carbons (Fsp3) is 0.903. The average Bonchev–Trinajstić information content (AvgIpc) is 3.16. The zero-order valence-corrected chi connectivity index (χ0v) is 30.4. The van der Waals surface area contributed by atoms with E-state index in [9.17, 15) is 85.9 Å². The summed E-state index contributed by atoms with van der Waals surface area (Å²) in [4.78, 5) is 37.2. The first-order valence-corrected chi connectivity index (χ1v) is 17.7. The Morgan fingerprint density at radius 1 is 0.684 bits per heavy atom. The van der Waals surface area contributed by atoms with Crippen molar-refractivity contribution in [3.05, 3.63) is 0 Å². The van der Waals surface area contributed by atoms with Crippen molar-refractivity contribution in [3.63, 3.8) is 0 Å². The summed E-state index contributed by atoms with van der Waals surface area (Å²) in [5.74, 6) is -6.79. The van der Waals surface area contributed by atoms with Gasteiger partial charge in [0.2, 0.25) is 11.8 Å². The molecule has 0 radical (unpaired) electrons. The van der Waals surface area contributed by atoms with Gasteiger partial charge in [-0.25, -0.2) is 4.79 Å². The number of carbonyl (C=O) groups is 3. The number of aliphatic hydroxyl groups is 13. The molecule has 330 valence electrons. The molecule has 0 aliphatic carbocycles. The minimum atomic E-state index is -3.13. The lowest BCUT2D eigenvalue weighted by Crippen LogP contribution is -2.71. The number of hydrogen-bond donors (Lipinski definition) is 16. The summed E-state index contributed by atoms with van der Waals surface area (Å²) in [6.45, 7) is -2.02. The molecule has 57 heavy (non-hydrogen) atoms. The SMILES string of the molecule is CC(=O)N[C@H]1[C@H](O[C@@H]2[C@H](O)[C@@H](O)C(O)O[C@@H]2CO)O[C@H](CO)[C@H](O)[C@@H]1O[C@@H]1O[C@H](CO)[C@H](O)[C@H](O[C@]2(C(=O)O)C[C@H](O)[C@@H](NC(C)=O)[C@H]([C@H](O)[C@H](O)CO)O2)[C@H]1O. The van der Waals surface area contributed by atoms with Gasteiger partial charge in [0.1, 0.15) is 91.5 Å². The van der Waals surface area contributed by atoms with Crippen LogP contribution in [0.3, 0.4) is 0 Å². The Morgan fingerprint density at radius 2 is 1.21 bits per heavy atom. The molecular formula is C31H52N2O24. The summed E-state index contributed by atoms with van der Waals surface area (Å²) in [5.41, 5.74) is 0. The second-order valence-corrected chi connectivity index (χ2v) is 14.0. The number of aliphatic carboxylic acids is 1. The van der Waals surface area contributed by atoms with Gasteiger partial charge in [-0.05, 0) is 0 Å². The maximum absolute atomic E-state index is 12.8. The van der Waals surface area contributed by atoms with Crippen molar-refractivity contribution in [2.75, 3.05) is 26.4 Å². The molecule has 4 aliphatic rings. The molecular weight excluding hydrogens is 784 g/mol. The van der Waals surface area contributed by atoms with E-state index in [4.69, 9.17) is 33.2 Å². The molecule has 21 atom stereocenters. The number of carbonyl (C=O) groups excluding carboxylic acids is 2. The molecule has 1 unspecified atom stereocenters. The van der Waals surface area contributed by atoms with Crippen molar-refractivity contribution in [2.45, 2.75) is 149 Å². The van der Waals surface area contributed by atoms with Gasteiger partial charge in [-0.1, -0.05) is 0 Å². The third-order valence-corrected chi connectivity index (χ3v) is 9.98. The molecule has 0 spiro atoms. The highest BCUT2D eigenvalue weighted by molar-refractivity contribution is 5.76. The lowest BCUT2D eigenvalue weighted by molar-refractivity contribution is -0.385. The van der Waals surface area contributed by atoms with E-state index in [0.717, 1.165) is 13.8 Å². The summed E-state index contributed by atoms with van der Waals surface area (Å²) < 4.78 is 39.2. The van der Waals surface area contributed by atoms with Gasteiger partial charge in [0.05, 0.1) is 38.6 Å². The van der Waals surface area contributed by atoms with Gasteiger partial charge < -0.3 is 115 Å². The Morgan fingerprint density at radius 3 is 1.74 bits per heavy atom. The maximum Gasteiger partial charge on any atom is 0.364 e. The quantitative estimate of drug-likeness (QED) is 0.0728. The van der Waals surface area contributed by atoms with Gasteiger partial charge in [0.15, 0.2) is 18.9 Å². The predicted octanol–water partition coefficient (Wildman–Crippen LogP) is -10.3. The van der Waals surface area contributed by atoms with Gasteiger partial charge in [-0.3, -0.25) is 9.59 Å². The highest BCUT2D eigenvalue weighted by Crippen LogP contribution is 2.39. The van der Waals surface area contributed by atoms with E-state index < -0.39 is 179 Å². The molecule has 0 aromatic rings. The van der Waals surface area contributed by atoms with Crippen LogP contribution in [-0.4, -0.2) is 244 Å². The number of ether oxygens (including phenoxy) is 7. The van der Waals surface area contributed by atoms with E-state index in [1.54, 1.807) is 0 Å². The zero-order chi connectivity index (χ0) is 42.7. The predicted molar refractivity (Wildman–Crippen MR) is 174 cm³/mol. The first kappa shape index (κ1) is 47.3. The summed E-state index contributed by atoms with van der Waals surface area (Å²) in [6, 6.07) is -3.32. The molecule has 26 nitrogen and oxygen atoms in total. The number of carboxylic acid groups (broad SMARTS) is 1. The third-order valence-electron chi connectivity index (χ3n) is 9.98. The molecule has 4 aliphatic heterocycles. The molecule has 0 saturated carbocycles. The van der Waals surface area contributed by atoms with Crippen molar-refractivity contribution >= 4 is 17.8 Å². The second kappa shape index (κ2) is 19.8. The van der Waals surface area contributed by atoms with E-state index in [1.807, 2.05) is 0 Å². The lowest BCUT2D eigenvalue weighted by atomic mass is 9.88. The molecule has 0 aromatic heterocycles. The van der Waals surface area contributed by atoms with Gasteiger partial charge in [-0.2, -0.15) is 0 Å². The monoisotopic (exact) mass is 836 g/mol. The van der Waals surface area contributed by atoms with E-state index in [1.165, 1.54) is 0 Å². The molecule has 26 heteroatoms. The Kier molecular flexibility index (Phi) is 16.4. The van der Waals surface area contributed by atoms with Crippen LogP contribution in [0.15, 0.2) is 0 Å². The van der Waals surface area contributed by atoms with Crippen LogP contribution < -0.4 is 10.6 Å². The van der Waals surface area contributed by atoms with Gasteiger partial charge >= 0.3 is 5.97 Å². The first-order chi connectivity index (χ1) is 26.7. The number of hydrogen-bond acceptors (Lipinski definition) is 23. The minimum absolute atomic E-state index is 0.792. The number of nitrogens with one attached hydrogen (secondary N) is 2. The Bertz CT molecular complexity index is 1350. The topological polar surface area (TPSA) is 423 Å². The summed E-state index contributed by atoms with van der Waals surface area (Å²) in [7, 11) is 0. The Hall–Kier alpha value is -2.39. The molecule has 0 bridgehead atoms. The van der Waals surface area contributed by atoms with Gasteiger partial charge in [0, 0.05) is 20.3 Å². The fourth-order valence-electron chi connectivity index (χ4n) is 7.05. The van der Waals surface area contributed by atoms with Crippen molar-refractivity contribution in [1.29, 1.82) is 0 Å². The molecule has 4 heterocycles. The normalized spacial score (nSPS) is 45.1. The summed E-state index contributed by atoms with van der Waals surface area (Å²) in [6.07, 6.45) is -36.4. The summed E-state index contributed by atoms with van der Waals surface area (Å²) >= 11 is 0. The van der Waals surface area contributed by atoms with E-state index in [0.29, 0.717) is 0 Å². The smallest absolute Gasteiger partial charge is 0.364 e. The fourth-order valence-corrected chi connectivity index (χ4v) is 7.05. The molecule has 0 aromatic carbocycles. The molecule has 4 rings (SSSR count). The van der Waals surface area contributed by atoms with E-state index in [2.05, 4.69) is 10.6 Å². The number of aliphatic hydroxyl groups excluding tert-OH is 13. The lowest BCUT2D eigenvalue weighted by Gasteiger charge is -2.51. The van der Waals surface area contributed by atoms with Crippen molar-refractivity contribution in [3.8, 4) is 0 Å². The molecule has 4 saturated heterocycles. The minimum Gasteiger partial charge on any atom is -0.477 e. The largest absolute Gasteiger partial charge is 0.477 e. The third kappa shape index (κ3) is 10.2. The molecule has 16 N–H and O–H groups in total. The van der Waals surface area contributed by atoms with Crippen LogP contribution in [0, 0.1) is 0 Å². The molecule has 4 fully saturated rings. The first-order valence-electron chi connectivity index (χ1n) is 17.7. The van der Waals surface area contributed by atoms with E-state index in [-0.39, 0.29) is 0 Å². The summed E-state index contributed by atoms with van der Waals surface area (Å²) in [5, 5.41) is 151. The van der Waals surface area contributed by atoms with Crippen LogP contribution in [0.5, 0.6) is 0 Å². The zero-order valence-electron chi connectivity index (χ0n) is 30.4. The Labute approximate surface area is 322 Å². The molecule has 2 amide bonds. The van der Waals surface area contributed by atoms with Gasteiger partial charge in [-0.15, -0.1) is 0 Å². The van der Waals surface area contributed by atoms with Crippen LogP contribution in [0.25, 0.3) is 0 Å². The van der Waals surface area contributed by atoms with Crippen LogP contribution in [-0.2, 0) is 47.5 Å². The van der Waals surface area contributed by atoms with E-state index >= 15 is 0 Å². The number of rotatable bonds is 15. The standard InChI is InChI=1S/C31H52N2O24/c1-8(38)32-15-10(40)3-31(30(49)50,56-25(15)17(42)11(41)4-34)57-26-19(44)13(6-36)53-29(22(26)47)55-24-16(33-9(2)39)28(52-12(5-35)18(24)43)54-23-14(7-37)51-27(48)21(46)20(23)45/h10-29,34-37,40-48H,3-7H2,1-2H3,(H,32,38)(H,33,39)(H,49,50)/t10-,11+,12+,13+,14+,15+,16+,17+,18-,19-,20+,21+,22+,23-,24+,25+,26-,27?,28-,29-,31-/m0/s1. The van der Waals surface area contributed by atoms with Crippen LogP contribution in [0.1, 0.15) is 20.3 Å². The number of carboxylic acids is 1. The van der Waals surface area contributed by atoms with Crippen LogP contribution in [0.2, 0.25) is 0 Å². The number of amides is 2. The maximum atomic E-state index is 12.8. The van der Waals surface area contributed by atoms with Crippen LogP contribution >= 0.6 is 0 Å². The highest BCUT2D eigenvalue weighted by atomic mass is 16.8. The van der Waals surface area contributed by atoms with Crippen LogP contribution in [0.4, 0.5) is 0 Å². The van der Waals surface area contributed by atoms with Gasteiger partial charge in [0.25, 0.3) is 5.79 Å². The Balaban J connectivity index is 1.69. The van der Waals surface area contributed by atoms with Crippen molar-refractivity contribution in [1.82, 2.24) is 10.6 Å².